The average molecular weight is 489 g/mol. The zero-order valence-electron chi connectivity index (χ0n) is 19.7. The van der Waals surface area contributed by atoms with Crippen molar-refractivity contribution in [1.82, 2.24) is 25.2 Å². The molecule has 0 radical (unpaired) electrons. The molecule has 35 heavy (non-hydrogen) atoms. The largest absolute Gasteiger partial charge is 0.383 e. The molecule has 1 atom stereocenters. The number of aromatic nitrogens is 3. The van der Waals surface area contributed by atoms with E-state index >= 15 is 0 Å². The van der Waals surface area contributed by atoms with E-state index < -0.39 is 0 Å². The van der Waals surface area contributed by atoms with Crippen molar-refractivity contribution in [3.8, 4) is 0 Å². The van der Waals surface area contributed by atoms with Gasteiger partial charge in [-0.1, -0.05) is 17.7 Å². The zero-order valence-corrected chi connectivity index (χ0v) is 20.5. The summed E-state index contributed by atoms with van der Waals surface area (Å²) in [4.78, 5) is 27.8. The predicted molar refractivity (Wildman–Crippen MR) is 140 cm³/mol. The van der Waals surface area contributed by atoms with Crippen molar-refractivity contribution in [2.75, 3.05) is 25.5 Å². The van der Waals surface area contributed by atoms with Crippen LogP contribution in [0.25, 0.3) is 11.0 Å². The molecule has 0 saturated carbocycles. The number of halogens is 1. The van der Waals surface area contributed by atoms with Crippen LogP contribution in [0.1, 0.15) is 46.3 Å². The van der Waals surface area contributed by atoms with Gasteiger partial charge in [-0.05, 0) is 80.4 Å². The van der Waals surface area contributed by atoms with Crippen LogP contribution in [0.5, 0.6) is 0 Å². The Morgan fingerprint density at radius 3 is 2.89 bits per heavy atom. The van der Waals surface area contributed by atoms with Crippen molar-refractivity contribution in [2.45, 2.75) is 31.8 Å². The summed E-state index contributed by atoms with van der Waals surface area (Å²) < 4.78 is 0. The summed E-state index contributed by atoms with van der Waals surface area (Å²) in [6.07, 6.45) is 5.24. The predicted octanol–water partition coefficient (Wildman–Crippen LogP) is 4.96. The second kappa shape index (κ2) is 10.5. The highest BCUT2D eigenvalue weighted by atomic mass is 35.5. The third-order valence-electron chi connectivity index (χ3n) is 6.47. The lowest BCUT2D eigenvalue weighted by molar-refractivity contribution is 0.0955. The summed E-state index contributed by atoms with van der Waals surface area (Å²) in [5.74, 6) is 0.776. The molecular formula is C27H29ClN6O. The van der Waals surface area contributed by atoms with Gasteiger partial charge in [-0.15, -0.1) is 0 Å². The fourth-order valence-electron chi connectivity index (χ4n) is 4.69. The fraction of sp³-hybridized carbons (Fsp3) is 0.296. The Labute approximate surface area is 209 Å². The number of carbonyl (C=O) groups excluding carboxylic acids is 1. The highest BCUT2D eigenvalue weighted by molar-refractivity contribution is 6.30. The standard InChI is InChI=1S/C27H29ClN6O/c1-34(24-6-2-4-18-5-3-13-30-26(18)24)17-25-32-22-12-7-19(16-23(22)33-25)27(35)31-15-14-29-21-10-8-20(28)9-11-21/h3,5,7-13,16,24,29H,2,4,6,14-15,17H2,1H3,(H,31,35)(H,32,33). The summed E-state index contributed by atoms with van der Waals surface area (Å²) >= 11 is 5.91. The number of aromatic amines is 1. The minimum Gasteiger partial charge on any atom is -0.383 e. The van der Waals surface area contributed by atoms with E-state index in [9.17, 15) is 4.79 Å². The van der Waals surface area contributed by atoms with Crippen molar-refractivity contribution in [1.29, 1.82) is 0 Å². The molecule has 2 aromatic carbocycles. The van der Waals surface area contributed by atoms with Crippen molar-refractivity contribution in [3.05, 3.63) is 88.5 Å². The van der Waals surface area contributed by atoms with Gasteiger partial charge >= 0.3 is 0 Å². The van der Waals surface area contributed by atoms with Gasteiger partial charge in [0.05, 0.1) is 29.3 Å². The number of nitrogens with zero attached hydrogens (tertiary/aromatic N) is 3. The summed E-state index contributed by atoms with van der Waals surface area (Å²) in [6, 6.07) is 17.6. The van der Waals surface area contributed by atoms with E-state index in [2.05, 4.69) is 38.6 Å². The Balaban J connectivity index is 1.19. The van der Waals surface area contributed by atoms with E-state index in [-0.39, 0.29) is 11.9 Å². The van der Waals surface area contributed by atoms with E-state index in [1.54, 1.807) is 0 Å². The number of benzene rings is 2. The van der Waals surface area contributed by atoms with E-state index in [1.165, 1.54) is 17.7 Å². The SMILES string of the molecule is CN(Cc1nc2ccc(C(=O)NCCNc3ccc(Cl)cc3)cc2[nH]1)C1CCCc2cccnc21. The van der Waals surface area contributed by atoms with Gasteiger partial charge in [-0.25, -0.2) is 4.98 Å². The Bertz CT molecular complexity index is 1320. The minimum absolute atomic E-state index is 0.108. The lowest BCUT2D eigenvalue weighted by Crippen LogP contribution is -2.28. The highest BCUT2D eigenvalue weighted by Gasteiger charge is 2.25. The average Bonchev–Trinajstić information content (AvgIpc) is 3.28. The molecule has 5 rings (SSSR count). The number of rotatable bonds is 8. The Kier molecular flexibility index (Phi) is 6.97. The number of H-pyrrole nitrogens is 1. The Morgan fingerprint density at radius 2 is 2.03 bits per heavy atom. The Hall–Kier alpha value is -3.42. The molecule has 180 valence electrons. The van der Waals surface area contributed by atoms with Gasteiger partial charge in [0.25, 0.3) is 5.91 Å². The minimum atomic E-state index is -0.108. The van der Waals surface area contributed by atoms with Crippen LogP contribution >= 0.6 is 11.6 Å². The van der Waals surface area contributed by atoms with Crippen LogP contribution in [0.3, 0.4) is 0 Å². The summed E-state index contributed by atoms with van der Waals surface area (Å²) in [7, 11) is 2.12. The first-order chi connectivity index (χ1) is 17.1. The monoisotopic (exact) mass is 488 g/mol. The lowest BCUT2D eigenvalue weighted by atomic mass is 9.91. The number of nitrogens with one attached hydrogen (secondary N) is 3. The molecule has 1 aliphatic carbocycles. The maximum atomic E-state index is 12.6. The van der Waals surface area contributed by atoms with Gasteiger partial charge in [0.2, 0.25) is 0 Å². The lowest BCUT2D eigenvalue weighted by Gasteiger charge is -2.31. The number of fused-ring (bicyclic) bond motifs is 2. The number of imidazole rings is 1. The van der Waals surface area contributed by atoms with Gasteiger partial charge < -0.3 is 15.6 Å². The van der Waals surface area contributed by atoms with E-state index in [4.69, 9.17) is 16.6 Å². The van der Waals surface area contributed by atoms with Gasteiger partial charge in [-0.2, -0.15) is 0 Å². The van der Waals surface area contributed by atoms with E-state index in [1.807, 2.05) is 54.7 Å². The second-order valence-corrected chi connectivity index (χ2v) is 9.41. The first-order valence-electron chi connectivity index (χ1n) is 12.0. The van der Waals surface area contributed by atoms with Crippen LogP contribution in [-0.2, 0) is 13.0 Å². The summed E-state index contributed by atoms with van der Waals surface area (Å²) in [6.45, 7) is 1.82. The van der Waals surface area contributed by atoms with Crippen molar-refractivity contribution >= 4 is 34.2 Å². The van der Waals surface area contributed by atoms with Crippen LogP contribution < -0.4 is 10.6 Å². The van der Waals surface area contributed by atoms with Crippen LogP contribution in [-0.4, -0.2) is 45.9 Å². The first-order valence-corrected chi connectivity index (χ1v) is 12.3. The molecule has 7 nitrogen and oxygen atoms in total. The van der Waals surface area contributed by atoms with Gasteiger partial charge in [-0.3, -0.25) is 14.7 Å². The second-order valence-electron chi connectivity index (χ2n) is 8.98. The molecule has 8 heteroatoms. The third kappa shape index (κ3) is 5.47. The maximum absolute atomic E-state index is 12.6. The smallest absolute Gasteiger partial charge is 0.251 e. The molecule has 2 heterocycles. The van der Waals surface area contributed by atoms with Crippen LogP contribution in [0, 0.1) is 0 Å². The quantitative estimate of drug-likeness (QED) is 0.305. The summed E-state index contributed by atoms with van der Waals surface area (Å²) in [5, 5.41) is 6.92. The normalized spacial score (nSPS) is 15.2. The van der Waals surface area contributed by atoms with Crippen molar-refractivity contribution in [3.63, 3.8) is 0 Å². The number of aryl methyl sites for hydroxylation is 1. The molecule has 1 unspecified atom stereocenters. The number of carbonyl (C=O) groups is 1. The molecule has 0 saturated heterocycles. The Morgan fingerprint density at radius 1 is 1.17 bits per heavy atom. The molecule has 0 aliphatic heterocycles. The molecule has 4 aromatic rings. The van der Waals surface area contributed by atoms with E-state index in [0.717, 1.165) is 35.4 Å². The number of anilines is 1. The first kappa shape index (κ1) is 23.3. The number of hydrogen-bond donors (Lipinski definition) is 3. The van der Waals surface area contributed by atoms with Crippen LogP contribution in [0.2, 0.25) is 5.02 Å². The molecule has 0 fully saturated rings. The fourth-order valence-corrected chi connectivity index (χ4v) is 4.82. The van der Waals surface area contributed by atoms with Gasteiger partial charge in [0.15, 0.2) is 0 Å². The van der Waals surface area contributed by atoms with Crippen molar-refractivity contribution < 1.29 is 4.79 Å². The molecule has 0 spiro atoms. The van der Waals surface area contributed by atoms with E-state index in [0.29, 0.717) is 30.2 Å². The zero-order chi connectivity index (χ0) is 24.2. The third-order valence-corrected chi connectivity index (χ3v) is 6.73. The van der Waals surface area contributed by atoms with Crippen LogP contribution in [0.15, 0.2) is 60.8 Å². The maximum Gasteiger partial charge on any atom is 0.251 e. The summed E-state index contributed by atoms with van der Waals surface area (Å²) in [5.41, 5.74) is 5.82. The van der Waals surface area contributed by atoms with Gasteiger partial charge in [0.1, 0.15) is 5.82 Å². The number of hydrogen-bond acceptors (Lipinski definition) is 5. The number of amides is 1. The van der Waals surface area contributed by atoms with Crippen LogP contribution in [0.4, 0.5) is 5.69 Å². The molecule has 3 N–H and O–H groups in total. The highest BCUT2D eigenvalue weighted by Crippen LogP contribution is 2.32. The molecule has 0 bridgehead atoms. The van der Waals surface area contributed by atoms with Crippen molar-refractivity contribution in [2.24, 2.45) is 0 Å². The molecular weight excluding hydrogens is 460 g/mol. The number of pyridine rings is 1. The molecule has 1 aliphatic rings. The molecule has 2 aromatic heterocycles. The van der Waals surface area contributed by atoms with Gasteiger partial charge in [0, 0.05) is 35.6 Å². The topological polar surface area (TPSA) is 85.9 Å². The molecule has 1 amide bonds.